The highest BCUT2D eigenvalue weighted by atomic mass is 19.1. The van der Waals surface area contributed by atoms with E-state index in [-0.39, 0.29) is 11.8 Å². The third kappa shape index (κ3) is 5.56. The lowest BCUT2D eigenvalue weighted by Gasteiger charge is -2.37. The molecule has 3 aliphatic heterocycles. The molecular weight excluding hydrogens is 437 g/mol. The SMILES string of the molecule is O=C(Nc1cccc(F)c1)N1CCN(c2ccc(N3CCN(CC4CCCO4)CC3)nn2)CC1. The largest absolute Gasteiger partial charge is 0.377 e. The van der Waals surface area contributed by atoms with Crippen molar-refractivity contribution in [1.29, 1.82) is 0 Å². The maximum Gasteiger partial charge on any atom is 0.321 e. The fourth-order valence-electron chi connectivity index (χ4n) is 4.80. The van der Waals surface area contributed by atoms with E-state index in [9.17, 15) is 9.18 Å². The van der Waals surface area contributed by atoms with Gasteiger partial charge in [-0.25, -0.2) is 9.18 Å². The van der Waals surface area contributed by atoms with Crippen LogP contribution < -0.4 is 15.1 Å². The molecule has 3 saturated heterocycles. The summed E-state index contributed by atoms with van der Waals surface area (Å²) in [5.41, 5.74) is 0.460. The van der Waals surface area contributed by atoms with Gasteiger partial charge in [-0.2, -0.15) is 0 Å². The minimum absolute atomic E-state index is 0.217. The van der Waals surface area contributed by atoms with Gasteiger partial charge in [0.05, 0.1) is 6.10 Å². The summed E-state index contributed by atoms with van der Waals surface area (Å²) >= 11 is 0. The second kappa shape index (κ2) is 10.5. The van der Waals surface area contributed by atoms with Crippen LogP contribution in [0.4, 0.5) is 26.5 Å². The van der Waals surface area contributed by atoms with E-state index in [4.69, 9.17) is 4.74 Å². The molecule has 1 unspecified atom stereocenters. The number of benzene rings is 1. The van der Waals surface area contributed by atoms with Crippen LogP contribution in [0, 0.1) is 5.82 Å². The van der Waals surface area contributed by atoms with E-state index in [0.29, 0.717) is 38.0 Å². The van der Waals surface area contributed by atoms with Crippen molar-refractivity contribution in [3.05, 3.63) is 42.2 Å². The highest BCUT2D eigenvalue weighted by Crippen LogP contribution is 2.20. The summed E-state index contributed by atoms with van der Waals surface area (Å²) in [4.78, 5) is 21.1. The van der Waals surface area contributed by atoms with Crippen molar-refractivity contribution in [2.75, 3.05) is 80.6 Å². The molecule has 0 bridgehead atoms. The smallest absolute Gasteiger partial charge is 0.321 e. The van der Waals surface area contributed by atoms with Crippen LogP contribution in [0.5, 0.6) is 0 Å². The standard InChI is InChI=1S/C24H32FN7O2/c25-19-3-1-4-20(17-19)26-24(33)32-14-12-31(13-15-32)23-7-6-22(27-28-23)30-10-8-29(9-11-30)18-21-5-2-16-34-21/h1,3-4,6-7,17,21H,2,5,8-16,18H2,(H,26,33). The van der Waals surface area contributed by atoms with Crippen LogP contribution >= 0.6 is 0 Å². The minimum atomic E-state index is -0.370. The summed E-state index contributed by atoms with van der Waals surface area (Å²) in [6, 6.07) is 9.77. The second-order valence-electron chi connectivity index (χ2n) is 9.09. The third-order valence-electron chi connectivity index (χ3n) is 6.79. The van der Waals surface area contributed by atoms with Crippen LogP contribution in [0.25, 0.3) is 0 Å². The molecule has 0 radical (unpaired) electrons. The van der Waals surface area contributed by atoms with E-state index in [1.165, 1.54) is 25.0 Å². The Bertz CT molecular complexity index is 954. The highest BCUT2D eigenvalue weighted by Gasteiger charge is 2.25. The van der Waals surface area contributed by atoms with Crippen LogP contribution in [0.1, 0.15) is 12.8 Å². The molecule has 5 rings (SSSR count). The number of hydrogen-bond donors (Lipinski definition) is 1. The summed E-state index contributed by atoms with van der Waals surface area (Å²) < 4.78 is 19.1. The maximum atomic E-state index is 13.3. The topological polar surface area (TPSA) is 77.1 Å². The molecule has 0 spiro atoms. The van der Waals surface area contributed by atoms with Gasteiger partial charge in [0, 0.05) is 71.2 Å². The number of anilines is 3. The predicted octanol–water partition coefficient (Wildman–Crippen LogP) is 2.27. The first-order chi connectivity index (χ1) is 16.6. The van der Waals surface area contributed by atoms with Crippen molar-refractivity contribution < 1.29 is 13.9 Å². The average Bonchev–Trinajstić information content (AvgIpc) is 3.38. The van der Waals surface area contributed by atoms with E-state index >= 15 is 0 Å². The molecule has 1 aromatic carbocycles. The molecule has 4 heterocycles. The molecule has 2 amide bonds. The Morgan fingerprint density at radius 2 is 1.65 bits per heavy atom. The molecule has 34 heavy (non-hydrogen) atoms. The van der Waals surface area contributed by atoms with E-state index in [0.717, 1.165) is 51.0 Å². The lowest BCUT2D eigenvalue weighted by atomic mass is 10.2. The van der Waals surface area contributed by atoms with E-state index in [1.54, 1.807) is 17.0 Å². The van der Waals surface area contributed by atoms with E-state index in [2.05, 4.69) is 30.2 Å². The van der Waals surface area contributed by atoms with Gasteiger partial charge >= 0.3 is 6.03 Å². The first kappa shape index (κ1) is 22.8. The number of hydrogen-bond acceptors (Lipinski definition) is 7. The van der Waals surface area contributed by atoms with Gasteiger partial charge in [0.15, 0.2) is 11.6 Å². The molecule has 1 aromatic heterocycles. The number of halogens is 1. The van der Waals surface area contributed by atoms with Gasteiger partial charge in [-0.3, -0.25) is 4.90 Å². The van der Waals surface area contributed by atoms with Crippen LogP contribution in [0.2, 0.25) is 0 Å². The van der Waals surface area contributed by atoms with Gasteiger partial charge < -0.3 is 24.8 Å². The minimum Gasteiger partial charge on any atom is -0.377 e. The molecule has 9 nitrogen and oxygen atoms in total. The van der Waals surface area contributed by atoms with Gasteiger partial charge in [0.25, 0.3) is 0 Å². The van der Waals surface area contributed by atoms with Crippen molar-refractivity contribution in [2.45, 2.75) is 18.9 Å². The Morgan fingerprint density at radius 3 is 2.24 bits per heavy atom. The van der Waals surface area contributed by atoms with Gasteiger partial charge in [-0.05, 0) is 43.2 Å². The molecule has 1 N–H and O–H groups in total. The summed E-state index contributed by atoms with van der Waals surface area (Å²) in [5.74, 6) is 1.37. The molecule has 2 aromatic rings. The average molecular weight is 470 g/mol. The number of nitrogens with zero attached hydrogens (tertiary/aromatic N) is 6. The second-order valence-corrected chi connectivity index (χ2v) is 9.09. The van der Waals surface area contributed by atoms with Crippen molar-refractivity contribution >= 4 is 23.4 Å². The summed E-state index contributed by atoms with van der Waals surface area (Å²) in [6.45, 7) is 8.34. The van der Waals surface area contributed by atoms with Crippen LogP contribution in [0.3, 0.4) is 0 Å². The number of urea groups is 1. The number of piperazine rings is 2. The van der Waals surface area contributed by atoms with Crippen molar-refractivity contribution in [3.8, 4) is 0 Å². The fraction of sp³-hybridized carbons (Fsp3) is 0.542. The summed E-state index contributed by atoms with van der Waals surface area (Å²) in [6.07, 6.45) is 2.77. The molecule has 0 saturated carbocycles. The lowest BCUT2D eigenvalue weighted by molar-refractivity contribution is 0.0712. The van der Waals surface area contributed by atoms with Gasteiger partial charge in [0.1, 0.15) is 5.82 Å². The highest BCUT2D eigenvalue weighted by molar-refractivity contribution is 5.89. The molecule has 182 valence electrons. The van der Waals surface area contributed by atoms with Gasteiger partial charge in [0.2, 0.25) is 0 Å². The normalized spacial score (nSPS) is 21.7. The Morgan fingerprint density at radius 1 is 0.971 bits per heavy atom. The zero-order valence-corrected chi connectivity index (χ0v) is 19.4. The van der Waals surface area contributed by atoms with Gasteiger partial charge in [-0.1, -0.05) is 6.07 Å². The van der Waals surface area contributed by atoms with Crippen LogP contribution in [-0.2, 0) is 4.74 Å². The maximum absolute atomic E-state index is 13.3. The first-order valence-corrected chi connectivity index (χ1v) is 12.1. The van der Waals surface area contributed by atoms with Crippen molar-refractivity contribution in [2.24, 2.45) is 0 Å². The lowest BCUT2D eigenvalue weighted by Crippen LogP contribution is -2.50. The molecule has 1 atom stereocenters. The number of nitrogens with one attached hydrogen (secondary N) is 1. The number of ether oxygens (including phenoxy) is 1. The zero-order chi connectivity index (χ0) is 23.3. The molecule has 0 aliphatic carbocycles. The van der Waals surface area contributed by atoms with Crippen LogP contribution in [0.15, 0.2) is 36.4 Å². The Hall–Kier alpha value is -2.98. The number of amides is 2. The molecule has 3 fully saturated rings. The number of rotatable bonds is 5. The monoisotopic (exact) mass is 469 g/mol. The first-order valence-electron chi connectivity index (χ1n) is 12.1. The van der Waals surface area contributed by atoms with Crippen molar-refractivity contribution in [3.63, 3.8) is 0 Å². The predicted molar refractivity (Wildman–Crippen MR) is 129 cm³/mol. The number of carbonyl (C=O) groups excluding carboxylic acids is 1. The zero-order valence-electron chi connectivity index (χ0n) is 19.4. The van der Waals surface area contributed by atoms with Crippen molar-refractivity contribution in [1.82, 2.24) is 20.0 Å². The Balaban J connectivity index is 1.08. The summed E-state index contributed by atoms with van der Waals surface area (Å²) in [7, 11) is 0. The van der Waals surface area contributed by atoms with Crippen LogP contribution in [-0.4, -0.2) is 97.6 Å². The van der Waals surface area contributed by atoms with Gasteiger partial charge in [-0.15, -0.1) is 10.2 Å². The summed E-state index contributed by atoms with van der Waals surface area (Å²) in [5, 5.41) is 11.7. The number of carbonyl (C=O) groups is 1. The Labute approximate surface area is 199 Å². The molecule has 10 heteroatoms. The fourth-order valence-corrected chi connectivity index (χ4v) is 4.80. The quantitative estimate of drug-likeness (QED) is 0.720. The Kier molecular flexibility index (Phi) is 7.05. The molecular formula is C24H32FN7O2. The number of aromatic nitrogens is 2. The molecule has 3 aliphatic rings. The van der Waals surface area contributed by atoms with E-state index < -0.39 is 0 Å². The van der Waals surface area contributed by atoms with E-state index in [1.807, 2.05) is 12.1 Å². The third-order valence-corrected chi connectivity index (χ3v) is 6.79.